The molecule has 0 amide bonds. The van der Waals surface area contributed by atoms with E-state index in [0.29, 0.717) is 0 Å². The van der Waals surface area contributed by atoms with Gasteiger partial charge in [0.2, 0.25) is 0 Å². The standard InChI is InChI=1S/C11H14ClNO/c1-13-7-2-8-14-11(13)9-3-5-10(12)6-4-9/h3-6,11H,2,7-8H2,1H3. The Bertz CT molecular complexity index is 299. The maximum Gasteiger partial charge on any atom is 0.136 e. The average molecular weight is 212 g/mol. The number of rotatable bonds is 1. The SMILES string of the molecule is CN1CCCOC1c1ccc(Cl)cc1. The maximum absolute atomic E-state index is 5.83. The highest BCUT2D eigenvalue weighted by Gasteiger charge is 2.20. The van der Waals surface area contributed by atoms with Crippen LogP contribution in [0.15, 0.2) is 24.3 Å². The van der Waals surface area contributed by atoms with Gasteiger partial charge in [-0.3, -0.25) is 4.90 Å². The molecule has 0 aliphatic carbocycles. The van der Waals surface area contributed by atoms with Gasteiger partial charge in [0, 0.05) is 11.6 Å². The van der Waals surface area contributed by atoms with Crippen LogP contribution in [0.5, 0.6) is 0 Å². The summed E-state index contributed by atoms with van der Waals surface area (Å²) in [5.74, 6) is 0. The van der Waals surface area contributed by atoms with Gasteiger partial charge in [-0.2, -0.15) is 0 Å². The van der Waals surface area contributed by atoms with E-state index in [1.165, 1.54) is 5.56 Å². The van der Waals surface area contributed by atoms with Crippen LogP contribution in [0.2, 0.25) is 5.02 Å². The van der Waals surface area contributed by atoms with Crippen molar-refractivity contribution in [3.63, 3.8) is 0 Å². The Morgan fingerprint density at radius 2 is 2.07 bits per heavy atom. The molecular formula is C11H14ClNO. The molecule has 0 radical (unpaired) electrons. The van der Waals surface area contributed by atoms with Gasteiger partial charge >= 0.3 is 0 Å². The quantitative estimate of drug-likeness (QED) is 0.708. The first kappa shape index (κ1) is 9.97. The summed E-state index contributed by atoms with van der Waals surface area (Å²) in [4.78, 5) is 2.22. The smallest absolute Gasteiger partial charge is 0.136 e. The number of ether oxygens (including phenoxy) is 1. The van der Waals surface area contributed by atoms with Crippen molar-refractivity contribution in [2.75, 3.05) is 20.2 Å². The lowest BCUT2D eigenvalue weighted by atomic mass is 10.1. The zero-order valence-electron chi connectivity index (χ0n) is 8.24. The van der Waals surface area contributed by atoms with Crippen LogP contribution in [-0.4, -0.2) is 25.1 Å². The van der Waals surface area contributed by atoms with Crippen molar-refractivity contribution in [3.8, 4) is 0 Å². The summed E-state index contributed by atoms with van der Waals surface area (Å²) in [6, 6.07) is 7.86. The largest absolute Gasteiger partial charge is 0.359 e. The Hall–Kier alpha value is -0.570. The summed E-state index contributed by atoms with van der Waals surface area (Å²) in [6.07, 6.45) is 1.21. The molecule has 0 N–H and O–H groups in total. The zero-order chi connectivity index (χ0) is 9.97. The molecule has 14 heavy (non-hydrogen) atoms. The average Bonchev–Trinajstić information content (AvgIpc) is 2.20. The second kappa shape index (κ2) is 4.30. The van der Waals surface area contributed by atoms with Gasteiger partial charge in [0.15, 0.2) is 0 Å². The molecule has 1 atom stereocenters. The van der Waals surface area contributed by atoms with Crippen molar-refractivity contribution >= 4 is 11.6 Å². The van der Waals surface area contributed by atoms with Crippen molar-refractivity contribution in [3.05, 3.63) is 34.9 Å². The first-order chi connectivity index (χ1) is 6.77. The summed E-state index contributed by atoms with van der Waals surface area (Å²) in [5.41, 5.74) is 1.18. The second-order valence-corrected chi connectivity index (χ2v) is 4.05. The zero-order valence-corrected chi connectivity index (χ0v) is 9.00. The fourth-order valence-corrected chi connectivity index (χ4v) is 1.86. The van der Waals surface area contributed by atoms with E-state index in [2.05, 4.69) is 11.9 Å². The molecule has 0 aromatic heterocycles. The van der Waals surface area contributed by atoms with Gasteiger partial charge in [-0.15, -0.1) is 0 Å². The van der Waals surface area contributed by atoms with Crippen LogP contribution >= 0.6 is 11.6 Å². The third-order valence-corrected chi connectivity index (χ3v) is 2.74. The summed E-state index contributed by atoms with van der Waals surface area (Å²) in [6.45, 7) is 1.94. The van der Waals surface area contributed by atoms with Gasteiger partial charge in [-0.05, 0) is 31.2 Å². The molecular weight excluding hydrogens is 198 g/mol. The van der Waals surface area contributed by atoms with Crippen molar-refractivity contribution < 1.29 is 4.74 Å². The molecule has 1 aliphatic rings. The molecule has 0 saturated carbocycles. The Kier molecular flexibility index (Phi) is 3.06. The van der Waals surface area contributed by atoms with Crippen LogP contribution in [0.4, 0.5) is 0 Å². The molecule has 3 heteroatoms. The van der Waals surface area contributed by atoms with Crippen molar-refractivity contribution in [1.82, 2.24) is 4.90 Å². The van der Waals surface area contributed by atoms with E-state index in [4.69, 9.17) is 16.3 Å². The molecule has 1 aliphatic heterocycles. The highest BCUT2D eigenvalue weighted by atomic mass is 35.5. The molecule has 1 saturated heterocycles. The Balaban J connectivity index is 2.16. The van der Waals surface area contributed by atoms with E-state index < -0.39 is 0 Å². The molecule has 76 valence electrons. The van der Waals surface area contributed by atoms with Crippen LogP contribution in [0, 0.1) is 0 Å². The topological polar surface area (TPSA) is 12.5 Å². The van der Waals surface area contributed by atoms with Crippen molar-refractivity contribution in [2.24, 2.45) is 0 Å². The maximum atomic E-state index is 5.83. The molecule has 0 spiro atoms. The van der Waals surface area contributed by atoms with Crippen LogP contribution in [0.1, 0.15) is 18.2 Å². The summed E-state index contributed by atoms with van der Waals surface area (Å²) >= 11 is 5.83. The lowest BCUT2D eigenvalue weighted by molar-refractivity contribution is -0.0857. The van der Waals surface area contributed by atoms with E-state index >= 15 is 0 Å². The predicted octanol–water partition coefficient (Wildman–Crippen LogP) is 2.69. The Morgan fingerprint density at radius 3 is 2.71 bits per heavy atom. The molecule has 2 rings (SSSR count). The Labute approximate surface area is 89.4 Å². The molecule has 0 bridgehead atoms. The monoisotopic (exact) mass is 211 g/mol. The molecule has 2 nitrogen and oxygen atoms in total. The van der Waals surface area contributed by atoms with Gasteiger partial charge in [-0.1, -0.05) is 23.7 Å². The minimum absolute atomic E-state index is 0.0982. The first-order valence-electron chi connectivity index (χ1n) is 4.85. The predicted molar refractivity (Wildman–Crippen MR) is 57.4 cm³/mol. The molecule has 1 heterocycles. The van der Waals surface area contributed by atoms with E-state index in [1.807, 2.05) is 24.3 Å². The molecule has 1 aromatic rings. The third-order valence-electron chi connectivity index (χ3n) is 2.49. The fourth-order valence-electron chi connectivity index (χ4n) is 1.73. The van der Waals surface area contributed by atoms with E-state index in [1.54, 1.807) is 0 Å². The number of nitrogens with zero attached hydrogens (tertiary/aromatic N) is 1. The lowest BCUT2D eigenvalue weighted by Crippen LogP contribution is -2.33. The minimum atomic E-state index is 0.0982. The molecule has 1 fully saturated rings. The summed E-state index contributed by atoms with van der Waals surface area (Å²) in [7, 11) is 2.08. The van der Waals surface area contributed by atoms with Crippen LogP contribution in [0.25, 0.3) is 0 Å². The van der Waals surface area contributed by atoms with Gasteiger partial charge in [0.25, 0.3) is 0 Å². The van der Waals surface area contributed by atoms with Crippen LogP contribution < -0.4 is 0 Å². The van der Waals surface area contributed by atoms with Crippen molar-refractivity contribution in [1.29, 1.82) is 0 Å². The van der Waals surface area contributed by atoms with Gasteiger partial charge in [0.1, 0.15) is 6.23 Å². The molecule has 1 unspecified atom stereocenters. The Morgan fingerprint density at radius 1 is 1.36 bits per heavy atom. The van der Waals surface area contributed by atoms with E-state index in [9.17, 15) is 0 Å². The third kappa shape index (κ3) is 2.08. The van der Waals surface area contributed by atoms with Gasteiger partial charge < -0.3 is 4.74 Å². The summed E-state index contributed by atoms with van der Waals surface area (Å²) in [5, 5.41) is 0.771. The van der Waals surface area contributed by atoms with E-state index in [0.717, 1.165) is 24.6 Å². The lowest BCUT2D eigenvalue weighted by Gasteiger charge is -2.32. The van der Waals surface area contributed by atoms with E-state index in [-0.39, 0.29) is 6.23 Å². The normalized spacial score (nSPS) is 23.7. The minimum Gasteiger partial charge on any atom is -0.359 e. The van der Waals surface area contributed by atoms with Gasteiger partial charge in [0.05, 0.1) is 6.61 Å². The second-order valence-electron chi connectivity index (χ2n) is 3.61. The number of benzene rings is 1. The highest BCUT2D eigenvalue weighted by Crippen LogP contribution is 2.25. The number of halogens is 1. The van der Waals surface area contributed by atoms with Crippen LogP contribution in [-0.2, 0) is 4.74 Å². The highest BCUT2D eigenvalue weighted by molar-refractivity contribution is 6.30. The van der Waals surface area contributed by atoms with Crippen molar-refractivity contribution in [2.45, 2.75) is 12.6 Å². The van der Waals surface area contributed by atoms with Crippen LogP contribution in [0.3, 0.4) is 0 Å². The molecule has 1 aromatic carbocycles. The van der Waals surface area contributed by atoms with Gasteiger partial charge in [-0.25, -0.2) is 0 Å². The summed E-state index contributed by atoms with van der Waals surface area (Å²) < 4.78 is 5.70. The first-order valence-corrected chi connectivity index (χ1v) is 5.22. The fraction of sp³-hybridized carbons (Fsp3) is 0.455. The number of hydrogen-bond donors (Lipinski definition) is 0. The number of hydrogen-bond acceptors (Lipinski definition) is 2.